The Hall–Kier alpha value is -1.83. The number of ether oxygens (including phenoxy) is 1. The Kier molecular flexibility index (Phi) is 9.93. The lowest BCUT2D eigenvalue weighted by Crippen LogP contribution is -2.24. The summed E-state index contributed by atoms with van der Waals surface area (Å²) in [6, 6.07) is 3.94. The van der Waals surface area contributed by atoms with Crippen molar-refractivity contribution in [2.45, 2.75) is 13.8 Å². The molecule has 0 atom stereocenters. The summed E-state index contributed by atoms with van der Waals surface area (Å²) in [6.45, 7) is 5.96. The van der Waals surface area contributed by atoms with E-state index in [2.05, 4.69) is 5.32 Å². The Morgan fingerprint density at radius 3 is 2.23 bits per heavy atom. The number of carboxylic acid groups (broad SMARTS) is 2. The number of nitrogens with one attached hydrogen (secondary N) is 1. The predicted molar refractivity (Wildman–Crippen MR) is 81.6 cm³/mol. The van der Waals surface area contributed by atoms with Crippen molar-refractivity contribution >= 4 is 23.5 Å². The standard InChI is InChI=1S/C12H18ClNO2.C2H2O4/c1-9-7-10(2)12(11(13)8-9)16-6-4-14-3-5-15;3-1(4)2(5)6/h7-8,14-15H,3-6H2,1-2H3;(H,3,4)(H,5,6). The molecule has 0 aromatic heterocycles. The minimum Gasteiger partial charge on any atom is -0.490 e. The molecular formula is C14H20ClNO6. The molecule has 22 heavy (non-hydrogen) atoms. The van der Waals surface area contributed by atoms with Gasteiger partial charge in [0.15, 0.2) is 0 Å². The van der Waals surface area contributed by atoms with Crippen LogP contribution in [0.25, 0.3) is 0 Å². The SMILES string of the molecule is Cc1cc(C)c(OCCNCCO)c(Cl)c1.O=C(O)C(=O)O. The van der Waals surface area contributed by atoms with Crippen LogP contribution < -0.4 is 10.1 Å². The second-order valence-electron chi connectivity index (χ2n) is 4.33. The molecule has 8 heteroatoms. The van der Waals surface area contributed by atoms with Gasteiger partial charge in [0.1, 0.15) is 12.4 Å². The number of hydrogen-bond acceptors (Lipinski definition) is 5. The van der Waals surface area contributed by atoms with Crippen molar-refractivity contribution in [2.75, 3.05) is 26.3 Å². The third-order valence-electron chi connectivity index (χ3n) is 2.37. The molecule has 124 valence electrons. The monoisotopic (exact) mass is 333 g/mol. The molecule has 0 heterocycles. The van der Waals surface area contributed by atoms with Crippen LogP contribution in [0, 0.1) is 13.8 Å². The molecule has 4 N–H and O–H groups in total. The highest BCUT2D eigenvalue weighted by atomic mass is 35.5. The number of aryl methyl sites for hydroxylation is 2. The van der Waals surface area contributed by atoms with E-state index in [1.807, 2.05) is 26.0 Å². The quantitative estimate of drug-likeness (QED) is 0.454. The van der Waals surface area contributed by atoms with Crippen molar-refractivity contribution in [1.29, 1.82) is 0 Å². The molecule has 0 unspecified atom stereocenters. The van der Waals surface area contributed by atoms with Crippen LogP contribution in [-0.2, 0) is 9.59 Å². The zero-order valence-electron chi connectivity index (χ0n) is 12.4. The molecule has 0 radical (unpaired) electrons. The van der Waals surface area contributed by atoms with Gasteiger partial charge >= 0.3 is 11.9 Å². The highest BCUT2D eigenvalue weighted by molar-refractivity contribution is 6.32. The highest BCUT2D eigenvalue weighted by Gasteiger charge is 2.06. The molecular weight excluding hydrogens is 314 g/mol. The fraction of sp³-hybridized carbons (Fsp3) is 0.429. The lowest BCUT2D eigenvalue weighted by molar-refractivity contribution is -0.159. The Morgan fingerprint density at radius 1 is 1.18 bits per heavy atom. The molecule has 7 nitrogen and oxygen atoms in total. The molecule has 0 bridgehead atoms. The fourth-order valence-electron chi connectivity index (χ4n) is 1.51. The number of carbonyl (C=O) groups is 2. The molecule has 0 spiro atoms. The maximum atomic E-state index is 9.10. The maximum absolute atomic E-state index is 9.10. The smallest absolute Gasteiger partial charge is 0.414 e. The number of aliphatic hydroxyl groups is 1. The van der Waals surface area contributed by atoms with E-state index in [9.17, 15) is 0 Å². The molecule has 0 aliphatic heterocycles. The minimum absolute atomic E-state index is 0.143. The van der Waals surface area contributed by atoms with E-state index in [-0.39, 0.29) is 6.61 Å². The van der Waals surface area contributed by atoms with E-state index >= 15 is 0 Å². The van der Waals surface area contributed by atoms with E-state index in [4.69, 9.17) is 41.2 Å². The number of benzene rings is 1. The fourth-order valence-corrected chi connectivity index (χ4v) is 1.89. The summed E-state index contributed by atoms with van der Waals surface area (Å²) in [4.78, 5) is 18.2. The summed E-state index contributed by atoms with van der Waals surface area (Å²) < 4.78 is 5.59. The van der Waals surface area contributed by atoms with Crippen LogP contribution >= 0.6 is 11.6 Å². The van der Waals surface area contributed by atoms with Crippen molar-refractivity contribution in [1.82, 2.24) is 5.32 Å². The molecule has 0 amide bonds. The van der Waals surface area contributed by atoms with Crippen molar-refractivity contribution in [3.05, 3.63) is 28.3 Å². The van der Waals surface area contributed by atoms with Crippen molar-refractivity contribution in [3.63, 3.8) is 0 Å². The predicted octanol–water partition coefficient (Wildman–Crippen LogP) is 1.07. The van der Waals surface area contributed by atoms with Crippen molar-refractivity contribution < 1.29 is 29.6 Å². The molecule has 0 saturated carbocycles. The molecule has 1 aromatic rings. The van der Waals surface area contributed by atoms with Crippen LogP contribution in [0.5, 0.6) is 5.75 Å². The third kappa shape index (κ3) is 8.46. The van der Waals surface area contributed by atoms with Crippen LogP contribution in [0.2, 0.25) is 5.02 Å². The number of hydrogen-bond donors (Lipinski definition) is 4. The van der Waals surface area contributed by atoms with Crippen LogP contribution in [-0.4, -0.2) is 53.6 Å². The second-order valence-corrected chi connectivity index (χ2v) is 4.73. The van der Waals surface area contributed by atoms with Crippen molar-refractivity contribution in [3.8, 4) is 5.75 Å². The van der Waals surface area contributed by atoms with Gasteiger partial charge in [-0.3, -0.25) is 0 Å². The maximum Gasteiger partial charge on any atom is 0.414 e. The Morgan fingerprint density at radius 2 is 1.77 bits per heavy atom. The molecule has 0 saturated heterocycles. The number of aliphatic carboxylic acids is 2. The molecule has 0 fully saturated rings. The summed E-state index contributed by atoms with van der Waals surface area (Å²) >= 11 is 6.09. The van der Waals surface area contributed by atoms with Gasteiger partial charge in [0.25, 0.3) is 0 Å². The topological polar surface area (TPSA) is 116 Å². The zero-order valence-corrected chi connectivity index (χ0v) is 13.2. The lowest BCUT2D eigenvalue weighted by atomic mass is 10.1. The number of carboxylic acids is 2. The van der Waals surface area contributed by atoms with E-state index in [1.54, 1.807) is 0 Å². The van der Waals surface area contributed by atoms with E-state index in [1.165, 1.54) is 0 Å². The highest BCUT2D eigenvalue weighted by Crippen LogP contribution is 2.29. The minimum atomic E-state index is -1.82. The van der Waals surface area contributed by atoms with E-state index in [0.29, 0.717) is 24.7 Å². The molecule has 0 aliphatic carbocycles. The molecule has 1 aromatic carbocycles. The Labute approximate surface area is 133 Å². The normalized spacial score (nSPS) is 9.64. The van der Waals surface area contributed by atoms with Gasteiger partial charge in [0, 0.05) is 13.1 Å². The zero-order chi connectivity index (χ0) is 17.1. The Balaban J connectivity index is 0.000000626. The summed E-state index contributed by atoms with van der Waals surface area (Å²) in [5.74, 6) is -2.90. The van der Waals surface area contributed by atoms with Gasteiger partial charge in [0.2, 0.25) is 0 Å². The first-order valence-corrected chi connectivity index (χ1v) is 6.84. The van der Waals surface area contributed by atoms with E-state index < -0.39 is 11.9 Å². The van der Waals surface area contributed by atoms with Crippen LogP contribution in [0.15, 0.2) is 12.1 Å². The Bertz CT molecular complexity index is 471. The summed E-state index contributed by atoms with van der Waals surface area (Å²) in [5, 5.41) is 27.0. The summed E-state index contributed by atoms with van der Waals surface area (Å²) in [5.41, 5.74) is 2.18. The summed E-state index contributed by atoms with van der Waals surface area (Å²) in [6.07, 6.45) is 0. The third-order valence-corrected chi connectivity index (χ3v) is 2.65. The lowest BCUT2D eigenvalue weighted by Gasteiger charge is -2.12. The van der Waals surface area contributed by atoms with Crippen LogP contribution in [0.3, 0.4) is 0 Å². The van der Waals surface area contributed by atoms with Gasteiger partial charge in [-0.05, 0) is 31.0 Å². The number of aliphatic hydroxyl groups excluding tert-OH is 1. The van der Waals surface area contributed by atoms with Gasteiger partial charge in [-0.25, -0.2) is 9.59 Å². The average Bonchev–Trinajstić information content (AvgIpc) is 2.41. The van der Waals surface area contributed by atoms with Crippen LogP contribution in [0.4, 0.5) is 0 Å². The van der Waals surface area contributed by atoms with Gasteiger partial charge in [-0.2, -0.15) is 0 Å². The summed E-state index contributed by atoms with van der Waals surface area (Å²) in [7, 11) is 0. The molecule has 1 rings (SSSR count). The first kappa shape index (κ1) is 20.2. The van der Waals surface area contributed by atoms with Gasteiger partial charge in [0.05, 0.1) is 11.6 Å². The number of rotatable bonds is 6. The van der Waals surface area contributed by atoms with Gasteiger partial charge in [-0.15, -0.1) is 0 Å². The van der Waals surface area contributed by atoms with Crippen molar-refractivity contribution in [2.24, 2.45) is 0 Å². The van der Waals surface area contributed by atoms with Crippen LogP contribution in [0.1, 0.15) is 11.1 Å². The largest absolute Gasteiger partial charge is 0.490 e. The second kappa shape index (κ2) is 10.8. The van der Waals surface area contributed by atoms with Gasteiger partial charge in [-0.1, -0.05) is 17.7 Å². The molecule has 0 aliphatic rings. The average molecular weight is 334 g/mol. The van der Waals surface area contributed by atoms with Gasteiger partial charge < -0.3 is 25.4 Å². The van der Waals surface area contributed by atoms with E-state index in [0.717, 1.165) is 16.9 Å². The number of halogens is 1. The first-order chi connectivity index (χ1) is 10.3. The first-order valence-electron chi connectivity index (χ1n) is 6.47.